The number of hydrogen-bond donors (Lipinski definition) is 0. The Morgan fingerprint density at radius 3 is 2.53 bits per heavy atom. The first-order valence-corrected chi connectivity index (χ1v) is 5.03. The Hall–Kier alpha value is -1.55. The van der Waals surface area contributed by atoms with Gasteiger partial charge in [-0.1, -0.05) is 0 Å². The number of benzene rings is 1. The second kappa shape index (κ2) is 3.90. The van der Waals surface area contributed by atoms with Crippen molar-refractivity contribution in [3.8, 4) is 10.4 Å². The lowest BCUT2D eigenvalue weighted by molar-refractivity contribution is 0.112. The number of carbonyl (C=O) groups is 1. The summed E-state index contributed by atoms with van der Waals surface area (Å²) in [6, 6.07) is 6.64. The fourth-order valence-corrected chi connectivity index (χ4v) is 2.10. The molecule has 0 atom stereocenters. The lowest BCUT2D eigenvalue weighted by Crippen LogP contribution is -1.83. The molecule has 1 aromatic heterocycles. The summed E-state index contributed by atoms with van der Waals surface area (Å²) in [7, 11) is 0. The summed E-state index contributed by atoms with van der Waals surface area (Å²) in [4.78, 5) is 11.6. The monoisotopic (exact) mass is 224 g/mol. The van der Waals surface area contributed by atoms with Gasteiger partial charge in [0.2, 0.25) is 0 Å². The molecule has 0 amide bonds. The van der Waals surface area contributed by atoms with E-state index in [9.17, 15) is 13.6 Å². The summed E-state index contributed by atoms with van der Waals surface area (Å²) >= 11 is 1.18. The van der Waals surface area contributed by atoms with E-state index in [-0.39, 0.29) is 0 Å². The Kier molecular flexibility index (Phi) is 2.60. The number of thiophene rings is 1. The second-order valence-corrected chi connectivity index (χ2v) is 4.06. The Labute approximate surface area is 89.0 Å². The van der Waals surface area contributed by atoms with Gasteiger partial charge in [-0.05, 0) is 24.3 Å². The molecule has 1 nitrogen and oxygen atoms in total. The molecule has 0 radical (unpaired) electrons. The summed E-state index contributed by atoms with van der Waals surface area (Å²) < 4.78 is 26.0. The van der Waals surface area contributed by atoms with Crippen LogP contribution in [0.15, 0.2) is 30.3 Å². The van der Waals surface area contributed by atoms with Crippen molar-refractivity contribution >= 4 is 17.6 Å². The van der Waals surface area contributed by atoms with Crippen molar-refractivity contribution < 1.29 is 13.6 Å². The lowest BCUT2D eigenvalue weighted by Gasteiger charge is -1.98. The number of rotatable bonds is 2. The van der Waals surface area contributed by atoms with Crippen LogP contribution in [0, 0.1) is 11.6 Å². The molecule has 2 rings (SSSR count). The van der Waals surface area contributed by atoms with Crippen LogP contribution in [0.3, 0.4) is 0 Å². The molecule has 0 saturated heterocycles. The van der Waals surface area contributed by atoms with Crippen molar-refractivity contribution in [1.82, 2.24) is 0 Å². The standard InChI is InChI=1S/C11H6F2OS/c12-7-1-3-9(10(13)5-7)11-4-2-8(6-14)15-11/h1-6H. The summed E-state index contributed by atoms with van der Waals surface area (Å²) in [5, 5.41) is 0. The van der Waals surface area contributed by atoms with Gasteiger partial charge in [-0.3, -0.25) is 4.79 Å². The summed E-state index contributed by atoms with van der Waals surface area (Å²) in [5.74, 6) is -1.22. The van der Waals surface area contributed by atoms with Crippen LogP contribution in [-0.2, 0) is 0 Å². The Morgan fingerprint density at radius 1 is 1.13 bits per heavy atom. The Balaban J connectivity index is 2.49. The van der Waals surface area contributed by atoms with Crippen LogP contribution in [0.25, 0.3) is 10.4 Å². The van der Waals surface area contributed by atoms with Crippen molar-refractivity contribution in [1.29, 1.82) is 0 Å². The fourth-order valence-electron chi connectivity index (χ4n) is 1.25. The molecule has 1 aromatic carbocycles. The molecule has 4 heteroatoms. The van der Waals surface area contributed by atoms with Crippen LogP contribution < -0.4 is 0 Å². The number of aldehydes is 1. The first-order chi connectivity index (χ1) is 7.20. The van der Waals surface area contributed by atoms with E-state index in [0.717, 1.165) is 6.07 Å². The molecule has 0 N–H and O–H groups in total. The molecular formula is C11H6F2OS. The minimum absolute atomic E-state index is 0.314. The first-order valence-electron chi connectivity index (χ1n) is 4.21. The predicted molar refractivity (Wildman–Crippen MR) is 55.1 cm³/mol. The SMILES string of the molecule is O=Cc1ccc(-c2ccc(F)cc2F)s1. The molecule has 15 heavy (non-hydrogen) atoms. The van der Waals surface area contributed by atoms with Gasteiger partial charge in [0.25, 0.3) is 0 Å². The minimum atomic E-state index is -0.616. The quantitative estimate of drug-likeness (QED) is 0.713. The Morgan fingerprint density at radius 2 is 1.93 bits per heavy atom. The first kappa shape index (κ1) is 9.98. The summed E-state index contributed by atoms with van der Waals surface area (Å²) in [6.07, 6.45) is 0.704. The maximum Gasteiger partial charge on any atom is 0.160 e. The normalized spacial score (nSPS) is 10.3. The van der Waals surface area contributed by atoms with E-state index in [1.54, 1.807) is 12.1 Å². The van der Waals surface area contributed by atoms with E-state index >= 15 is 0 Å². The van der Waals surface area contributed by atoms with E-state index < -0.39 is 11.6 Å². The van der Waals surface area contributed by atoms with Gasteiger partial charge >= 0.3 is 0 Å². The average molecular weight is 224 g/mol. The van der Waals surface area contributed by atoms with E-state index in [1.165, 1.54) is 23.5 Å². The van der Waals surface area contributed by atoms with E-state index in [2.05, 4.69) is 0 Å². The smallest absolute Gasteiger partial charge is 0.160 e. The maximum absolute atomic E-state index is 13.3. The fraction of sp³-hybridized carbons (Fsp3) is 0. The van der Waals surface area contributed by atoms with Crippen LogP contribution in [0.2, 0.25) is 0 Å². The van der Waals surface area contributed by atoms with Crippen molar-refractivity contribution in [3.05, 3.63) is 46.8 Å². The van der Waals surface area contributed by atoms with Crippen molar-refractivity contribution in [2.75, 3.05) is 0 Å². The van der Waals surface area contributed by atoms with Gasteiger partial charge in [0.05, 0.1) is 4.88 Å². The topological polar surface area (TPSA) is 17.1 Å². The molecule has 0 fully saturated rings. The third-order valence-corrected chi connectivity index (χ3v) is 2.98. The lowest BCUT2D eigenvalue weighted by atomic mass is 10.2. The highest BCUT2D eigenvalue weighted by molar-refractivity contribution is 7.17. The van der Waals surface area contributed by atoms with Gasteiger partial charge in [0.15, 0.2) is 6.29 Å². The predicted octanol–water partition coefficient (Wildman–Crippen LogP) is 3.51. The highest BCUT2D eigenvalue weighted by Gasteiger charge is 2.08. The van der Waals surface area contributed by atoms with Crippen molar-refractivity contribution in [2.24, 2.45) is 0 Å². The molecule has 0 unspecified atom stereocenters. The van der Waals surface area contributed by atoms with Gasteiger partial charge in [-0.25, -0.2) is 8.78 Å². The average Bonchev–Trinajstić information content (AvgIpc) is 2.66. The van der Waals surface area contributed by atoms with Gasteiger partial charge in [-0.2, -0.15) is 0 Å². The molecular weight excluding hydrogens is 218 g/mol. The third-order valence-electron chi connectivity index (χ3n) is 1.94. The molecule has 0 saturated carbocycles. The third kappa shape index (κ3) is 1.94. The minimum Gasteiger partial charge on any atom is -0.297 e. The summed E-state index contributed by atoms with van der Waals surface area (Å²) in [6.45, 7) is 0. The highest BCUT2D eigenvalue weighted by Crippen LogP contribution is 2.29. The second-order valence-electron chi connectivity index (χ2n) is 2.94. The van der Waals surface area contributed by atoms with Crippen LogP contribution in [0.4, 0.5) is 8.78 Å². The van der Waals surface area contributed by atoms with Gasteiger partial charge in [0, 0.05) is 16.5 Å². The number of halogens is 2. The van der Waals surface area contributed by atoms with Gasteiger partial charge in [-0.15, -0.1) is 11.3 Å². The van der Waals surface area contributed by atoms with Crippen LogP contribution >= 0.6 is 11.3 Å². The molecule has 0 aliphatic carbocycles. The Bertz CT molecular complexity index is 505. The van der Waals surface area contributed by atoms with Crippen LogP contribution in [0.5, 0.6) is 0 Å². The number of carbonyl (C=O) groups excluding carboxylic acids is 1. The number of hydrogen-bond acceptors (Lipinski definition) is 2. The molecule has 76 valence electrons. The molecule has 1 heterocycles. The molecule has 0 aliphatic heterocycles. The summed E-state index contributed by atoms with van der Waals surface area (Å²) in [5.41, 5.74) is 0.314. The van der Waals surface area contributed by atoms with E-state index in [0.29, 0.717) is 21.6 Å². The molecule has 2 aromatic rings. The van der Waals surface area contributed by atoms with Crippen LogP contribution in [0.1, 0.15) is 9.67 Å². The molecule has 0 aliphatic rings. The zero-order valence-electron chi connectivity index (χ0n) is 7.54. The van der Waals surface area contributed by atoms with Gasteiger partial charge < -0.3 is 0 Å². The van der Waals surface area contributed by atoms with Gasteiger partial charge in [0.1, 0.15) is 11.6 Å². The molecule has 0 bridgehead atoms. The maximum atomic E-state index is 13.3. The van der Waals surface area contributed by atoms with Crippen molar-refractivity contribution in [2.45, 2.75) is 0 Å². The largest absolute Gasteiger partial charge is 0.297 e. The molecule has 0 spiro atoms. The zero-order valence-corrected chi connectivity index (χ0v) is 8.35. The zero-order chi connectivity index (χ0) is 10.8. The van der Waals surface area contributed by atoms with E-state index in [4.69, 9.17) is 0 Å². The van der Waals surface area contributed by atoms with Crippen LogP contribution in [-0.4, -0.2) is 6.29 Å². The highest BCUT2D eigenvalue weighted by atomic mass is 32.1. The van der Waals surface area contributed by atoms with E-state index in [1.807, 2.05) is 0 Å². The van der Waals surface area contributed by atoms with Crippen molar-refractivity contribution in [3.63, 3.8) is 0 Å².